The molecule has 4 nitrogen and oxygen atoms in total. The van der Waals surface area contributed by atoms with Crippen LogP contribution in [0.4, 0.5) is 0 Å². The predicted molar refractivity (Wildman–Crippen MR) is 90.3 cm³/mol. The van der Waals surface area contributed by atoms with Crippen LogP contribution in [0.1, 0.15) is 32.6 Å². The zero-order valence-corrected chi connectivity index (χ0v) is 13.7. The van der Waals surface area contributed by atoms with E-state index < -0.39 is 0 Å². The molecule has 2 rings (SSSR count). The van der Waals surface area contributed by atoms with E-state index in [4.69, 9.17) is 4.74 Å². The predicted octanol–water partition coefficient (Wildman–Crippen LogP) is 3.93. The molecule has 0 aliphatic heterocycles. The molecule has 0 radical (unpaired) electrons. The highest BCUT2D eigenvalue weighted by Gasteiger charge is 2.23. The standard InChI is InChI=1S/C19H20O4/c1-11-5-7-14(8-6-11)9-10-15(20)16-18(22)12(2)17(21)13(3)19(16)23-4/h5-10,21-22H,1-4H3/b10-9+. The molecule has 0 bridgehead atoms. The zero-order chi connectivity index (χ0) is 17.1. The van der Waals surface area contributed by atoms with Gasteiger partial charge in [-0.05, 0) is 32.4 Å². The van der Waals surface area contributed by atoms with Gasteiger partial charge in [-0.15, -0.1) is 0 Å². The number of carbonyl (C=O) groups is 1. The first-order chi connectivity index (χ1) is 10.9. The van der Waals surface area contributed by atoms with Gasteiger partial charge >= 0.3 is 0 Å². The molecule has 120 valence electrons. The molecular weight excluding hydrogens is 292 g/mol. The molecule has 0 unspecified atom stereocenters. The van der Waals surface area contributed by atoms with E-state index >= 15 is 0 Å². The highest BCUT2D eigenvalue weighted by atomic mass is 16.5. The van der Waals surface area contributed by atoms with Gasteiger partial charge < -0.3 is 14.9 Å². The zero-order valence-electron chi connectivity index (χ0n) is 13.7. The number of hydrogen-bond donors (Lipinski definition) is 2. The van der Waals surface area contributed by atoms with Crippen LogP contribution in [-0.2, 0) is 0 Å². The number of phenolic OH excluding ortho intramolecular Hbond substituents is 2. The molecule has 2 aromatic carbocycles. The monoisotopic (exact) mass is 312 g/mol. The maximum Gasteiger partial charge on any atom is 0.193 e. The summed E-state index contributed by atoms with van der Waals surface area (Å²) in [7, 11) is 1.40. The van der Waals surface area contributed by atoms with E-state index in [1.54, 1.807) is 19.9 Å². The molecule has 0 spiro atoms. The maximum atomic E-state index is 12.5. The van der Waals surface area contributed by atoms with Crippen LogP contribution < -0.4 is 4.74 Å². The molecule has 0 atom stereocenters. The Hall–Kier alpha value is -2.75. The lowest BCUT2D eigenvalue weighted by molar-refractivity contribution is 0.104. The van der Waals surface area contributed by atoms with Gasteiger partial charge in [-0.2, -0.15) is 0 Å². The maximum absolute atomic E-state index is 12.5. The van der Waals surface area contributed by atoms with E-state index in [9.17, 15) is 15.0 Å². The lowest BCUT2D eigenvalue weighted by atomic mass is 9.98. The van der Waals surface area contributed by atoms with Gasteiger partial charge in [0.2, 0.25) is 0 Å². The number of rotatable bonds is 4. The van der Waals surface area contributed by atoms with Crippen LogP contribution in [0.2, 0.25) is 0 Å². The van der Waals surface area contributed by atoms with E-state index in [1.807, 2.05) is 31.2 Å². The van der Waals surface area contributed by atoms with Crippen LogP contribution in [0.25, 0.3) is 6.08 Å². The summed E-state index contributed by atoms with van der Waals surface area (Å²) in [5, 5.41) is 20.2. The third kappa shape index (κ3) is 3.21. The highest BCUT2D eigenvalue weighted by Crippen LogP contribution is 2.41. The fourth-order valence-corrected chi connectivity index (χ4v) is 2.40. The summed E-state index contributed by atoms with van der Waals surface area (Å²) in [6.45, 7) is 5.18. The molecule has 0 amide bonds. The molecule has 0 aliphatic carbocycles. The average molecular weight is 312 g/mol. The summed E-state index contributed by atoms with van der Waals surface area (Å²) >= 11 is 0. The van der Waals surface area contributed by atoms with E-state index in [-0.39, 0.29) is 34.2 Å². The Morgan fingerprint density at radius 2 is 1.61 bits per heavy atom. The molecule has 0 aromatic heterocycles. The van der Waals surface area contributed by atoms with Crippen LogP contribution in [0.5, 0.6) is 17.2 Å². The van der Waals surface area contributed by atoms with Crippen LogP contribution >= 0.6 is 0 Å². The Kier molecular flexibility index (Phi) is 4.74. The van der Waals surface area contributed by atoms with Gasteiger partial charge in [0.15, 0.2) is 5.78 Å². The Labute approximate surface area is 135 Å². The number of aromatic hydroxyl groups is 2. The number of benzene rings is 2. The lowest BCUT2D eigenvalue weighted by Gasteiger charge is -2.15. The van der Waals surface area contributed by atoms with Gasteiger partial charge in [0, 0.05) is 11.1 Å². The van der Waals surface area contributed by atoms with Crippen molar-refractivity contribution < 1.29 is 19.7 Å². The van der Waals surface area contributed by atoms with Crippen molar-refractivity contribution in [3.8, 4) is 17.2 Å². The van der Waals surface area contributed by atoms with Gasteiger partial charge in [0.25, 0.3) is 0 Å². The summed E-state index contributed by atoms with van der Waals surface area (Å²) in [5.74, 6) is -0.530. The Morgan fingerprint density at radius 1 is 1.00 bits per heavy atom. The second-order valence-electron chi connectivity index (χ2n) is 5.46. The normalized spacial score (nSPS) is 11.0. The molecule has 0 saturated carbocycles. The molecule has 23 heavy (non-hydrogen) atoms. The number of ether oxygens (including phenoxy) is 1. The van der Waals surface area contributed by atoms with Crippen molar-refractivity contribution in [3.63, 3.8) is 0 Å². The topological polar surface area (TPSA) is 66.8 Å². The first-order valence-electron chi connectivity index (χ1n) is 7.25. The van der Waals surface area contributed by atoms with Gasteiger partial charge in [-0.25, -0.2) is 0 Å². The molecule has 0 heterocycles. The highest BCUT2D eigenvalue weighted by molar-refractivity contribution is 6.11. The fourth-order valence-electron chi connectivity index (χ4n) is 2.40. The third-order valence-electron chi connectivity index (χ3n) is 3.83. The Morgan fingerprint density at radius 3 is 2.17 bits per heavy atom. The number of aryl methyl sites for hydroxylation is 1. The van der Waals surface area contributed by atoms with Gasteiger partial charge in [0.05, 0.1) is 7.11 Å². The molecule has 0 fully saturated rings. The van der Waals surface area contributed by atoms with Crippen LogP contribution in [0, 0.1) is 20.8 Å². The summed E-state index contributed by atoms with van der Waals surface area (Å²) in [5.41, 5.74) is 2.76. The van der Waals surface area contributed by atoms with Crippen molar-refractivity contribution in [2.24, 2.45) is 0 Å². The number of allylic oxidation sites excluding steroid dienone is 1. The summed E-state index contributed by atoms with van der Waals surface area (Å²) in [4.78, 5) is 12.5. The second kappa shape index (κ2) is 6.57. The first kappa shape index (κ1) is 16.6. The van der Waals surface area contributed by atoms with Crippen molar-refractivity contribution in [1.82, 2.24) is 0 Å². The molecule has 4 heteroatoms. The first-order valence-corrected chi connectivity index (χ1v) is 7.25. The summed E-state index contributed by atoms with van der Waals surface area (Å²) < 4.78 is 5.21. The number of hydrogen-bond acceptors (Lipinski definition) is 4. The van der Waals surface area contributed by atoms with Gasteiger partial charge in [-0.1, -0.05) is 35.9 Å². The SMILES string of the molecule is COc1c(C)c(O)c(C)c(O)c1C(=O)/C=C/c1ccc(C)cc1. The van der Waals surface area contributed by atoms with Crippen molar-refractivity contribution >= 4 is 11.9 Å². The minimum Gasteiger partial charge on any atom is -0.507 e. The Balaban J connectivity index is 2.45. The van der Waals surface area contributed by atoms with Crippen molar-refractivity contribution in [2.45, 2.75) is 20.8 Å². The molecule has 2 aromatic rings. The van der Waals surface area contributed by atoms with Crippen molar-refractivity contribution in [1.29, 1.82) is 0 Å². The quantitative estimate of drug-likeness (QED) is 0.663. The van der Waals surface area contributed by atoms with Crippen molar-refractivity contribution in [2.75, 3.05) is 7.11 Å². The fraction of sp³-hybridized carbons (Fsp3) is 0.211. The largest absolute Gasteiger partial charge is 0.507 e. The molecule has 2 N–H and O–H groups in total. The van der Waals surface area contributed by atoms with Crippen LogP contribution in [-0.4, -0.2) is 23.1 Å². The third-order valence-corrected chi connectivity index (χ3v) is 3.83. The van der Waals surface area contributed by atoms with Crippen LogP contribution in [0.3, 0.4) is 0 Å². The Bertz CT molecular complexity index is 771. The molecule has 0 aliphatic rings. The van der Waals surface area contributed by atoms with E-state index in [1.165, 1.54) is 13.2 Å². The van der Waals surface area contributed by atoms with Gasteiger partial charge in [-0.3, -0.25) is 4.79 Å². The minimum absolute atomic E-state index is 0.0589. The number of carbonyl (C=O) groups excluding carboxylic acids is 1. The van der Waals surface area contributed by atoms with E-state index in [0.717, 1.165) is 11.1 Å². The number of ketones is 1. The molecular formula is C19H20O4. The van der Waals surface area contributed by atoms with Gasteiger partial charge in [0.1, 0.15) is 22.8 Å². The van der Waals surface area contributed by atoms with Crippen LogP contribution in [0.15, 0.2) is 30.3 Å². The number of phenols is 2. The summed E-state index contributed by atoms with van der Waals surface area (Å²) in [6, 6.07) is 7.72. The number of methoxy groups -OCH3 is 1. The smallest absolute Gasteiger partial charge is 0.193 e. The van der Waals surface area contributed by atoms with E-state index in [0.29, 0.717) is 5.56 Å². The average Bonchev–Trinajstić information content (AvgIpc) is 2.55. The summed E-state index contributed by atoms with van der Waals surface area (Å²) in [6.07, 6.45) is 3.07. The molecule has 0 saturated heterocycles. The van der Waals surface area contributed by atoms with E-state index in [2.05, 4.69) is 0 Å². The van der Waals surface area contributed by atoms with Crippen molar-refractivity contribution in [3.05, 3.63) is 58.2 Å². The second-order valence-corrected chi connectivity index (χ2v) is 5.46. The minimum atomic E-state index is -0.383. The lowest BCUT2D eigenvalue weighted by Crippen LogP contribution is -2.03.